The number of benzene rings is 3. The second kappa shape index (κ2) is 9.03. The zero-order valence-corrected chi connectivity index (χ0v) is 18.5. The Balaban J connectivity index is 0.000000199. The first kappa shape index (κ1) is 21.7. The van der Waals surface area contributed by atoms with Crippen molar-refractivity contribution in [3.63, 3.8) is 0 Å². The van der Waals surface area contributed by atoms with Crippen LogP contribution in [0.15, 0.2) is 66.7 Å². The second-order valence-electron chi connectivity index (χ2n) is 6.71. The van der Waals surface area contributed by atoms with Gasteiger partial charge >= 0.3 is 0 Å². The average molecular weight is 497 g/mol. The maximum Gasteiger partial charge on any atom is 0.262 e. The zero-order valence-electron chi connectivity index (χ0n) is 15.5. The summed E-state index contributed by atoms with van der Waals surface area (Å²) in [6.07, 6.45) is 1.19. The van der Waals surface area contributed by atoms with Crippen molar-refractivity contribution >= 4 is 43.8 Å². The first-order valence-corrected chi connectivity index (χ1v) is 10.9. The lowest BCUT2D eigenvalue weighted by Crippen LogP contribution is -2.14. The number of fused-ring (bicyclic) bond motifs is 1. The maximum absolute atomic E-state index is 10.5. The minimum absolute atomic E-state index is 0.0584. The third-order valence-electron chi connectivity index (χ3n) is 4.45. The molecule has 6 heteroatoms. The monoisotopic (exact) mass is 497 g/mol. The van der Waals surface area contributed by atoms with E-state index in [1.807, 2.05) is 6.07 Å². The molecule has 0 aliphatic heterocycles. The van der Waals surface area contributed by atoms with Gasteiger partial charge in [0.1, 0.15) is 5.75 Å². The van der Waals surface area contributed by atoms with Crippen LogP contribution >= 0.6 is 22.6 Å². The zero-order chi connectivity index (χ0) is 20.1. The van der Waals surface area contributed by atoms with Crippen molar-refractivity contribution in [1.29, 1.82) is 0 Å². The number of halogens is 1. The molecule has 3 rings (SSSR count). The lowest BCUT2D eigenvalue weighted by Gasteiger charge is -2.23. The summed E-state index contributed by atoms with van der Waals surface area (Å²) in [5.41, 5.74) is 1.76. The van der Waals surface area contributed by atoms with Gasteiger partial charge in [-0.25, -0.2) is 8.42 Å². The van der Waals surface area contributed by atoms with Crippen molar-refractivity contribution < 1.29 is 17.2 Å². The molecule has 0 aromatic heterocycles. The third kappa shape index (κ3) is 6.48. The van der Waals surface area contributed by atoms with Crippen molar-refractivity contribution in [2.45, 2.75) is 32.6 Å². The third-order valence-corrected chi connectivity index (χ3v) is 5.55. The largest absolute Gasteiger partial charge is 0.716 e. The van der Waals surface area contributed by atoms with Crippen molar-refractivity contribution in [2.24, 2.45) is 0 Å². The fraction of sp³-hybridized carbons (Fsp3) is 0.238. The standard InChI is InChI=1S/C11H15I.C10H8O4S/c1-4-11(2,3)9-5-7-10(12)8-6-9;11-15(12,13)14-10-7-3-5-8-4-1-2-6-9(8)10/h5-8H,4H2,1-3H3;1-7H,(H,11,12,13)/p-1. The van der Waals surface area contributed by atoms with E-state index in [0.717, 1.165) is 5.39 Å². The first-order valence-electron chi connectivity index (χ1n) is 8.51. The van der Waals surface area contributed by atoms with Crippen LogP contribution in [0, 0.1) is 3.57 Å². The molecular formula is C21H22IO4S-. The average Bonchev–Trinajstić information content (AvgIpc) is 2.62. The van der Waals surface area contributed by atoms with Gasteiger partial charge in [-0.3, -0.25) is 0 Å². The van der Waals surface area contributed by atoms with Crippen molar-refractivity contribution in [3.8, 4) is 5.75 Å². The smallest absolute Gasteiger partial charge is 0.262 e. The quantitative estimate of drug-likeness (QED) is 0.265. The maximum atomic E-state index is 10.5. The van der Waals surface area contributed by atoms with E-state index < -0.39 is 10.4 Å². The van der Waals surface area contributed by atoms with Gasteiger partial charge in [0.15, 0.2) is 0 Å². The summed E-state index contributed by atoms with van der Waals surface area (Å²) in [6.45, 7) is 6.81. The molecule has 0 aliphatic rings. The Morgan fingerprint density at radius 2 is 1.56 bits per heavy atom. The van der Waals surface area contributed by atoms with E-state index >= 15 is 0 Å². The van der Waals surface area contributed by atoms with Gasteiger partial charge in [-0.05, 0) is 63.6 Å². The fourth-order valence-corrected chi connectivity index (χ4v) is 3.21. The molecule has 3 aromatic rings. The van der Waals surface area contributed by atoms with Crippen LogP contribution in [0.25, 0.3) is 10.8 Å². The molecule has 0 fully saturated rings. The highest BCUT2D eigenvalue weighted by atomic mass is 127. The van der Waals surface area contributed by atoms with Crippen LogP contribution in [0.1, 0.15) is 32.8 Å². The normalized spacial score (nSPS) is 11.6. The topological polar surface area (TPSA) is 66.4 Å². The molecule has 0 heterocycles. The predicted molar refractivity (Wildman–Crippen MR) is 117 cm³/mol. The highest BCUT2D eigenvalue weighted by Gasteiger charge is 2.16. The van der Waals surface area contributed by atoms with E-state index in [1.165, 1.54) is 21.6 Å². The van der Waals surface area contributed by atoms with E-state index in [9.17, 15) is 13.0 Å². The number of hydrogen-bond donors (Lipinski definition) is 0. The predicted octanol–water partition coefficient (Wildman–Crippen LogP) is 5.66. The van der Waals surface area contributed by atoms with E-state index in [2.05, 4.69) is 71.8 Å². The summed E-state index contributed by atoms with van der Waals surface area (Å²) in [5, 5.41) is 1.41. The van der Waals surface area contributed by atoms with Gasteiger partial charge in [-0.1, -0.05) is 69.3 Å². The van der Waals surface area contributed by atoms with Crippen molar-refractivity contribution in [3.05, 3.63) is 75.9 Å². The van der Waals surface area contributed by atoms with Gasteiger partial charge in [0, 0.05) is 8.96 Å². The molecule has 0 spiro atoms. The summed E-state index contributed by atoms with van der Waals surface area (Å²) in [5.74, 6) is 0.0584. The van der Waals surface area contributed by atoms with E-state index in [0.29, 0.717) is 10.8 Å². The van der Waals surface area contributed by atoms with Crippen LogP contribution in [-0.4, -0.2) is 13.0 Å². The highest BCUT2D eigenvalue weighted by Crippen LogP contribution is 2.27. The van der Waals surface area contributed by atoms with Crippen LogP contribution in [0.5, 0.6) is 5.75 Å². The van der Waals surface area contributed by atoms with Gasteiger partial charge in [-0.2, -0.15) is 0 Å². The second-order valence-corrected chi connectivity index (χ2v) is 8.94. The minimum atomic E-state index is -4.72. The SMILES string of the molecule is CCC(C)(C)c1ccc(I)cc1.O=S(=O)([O-])Oc1cccc2ccccc12. The summed E-state index contributed by atoms with van der Waals surface area (Å²) in [7, 11) is -4.72. The van der Waals surface area contributed by atoms with Gasteiger partial charge in [0.05, 0.1) is 0 Å². The summed E-state index contributed by atoms with van der Waals surface area (Å²) >= 11 is 2.34. The minimum Gasteiger partial charge on any atom is -0.716 e. The molecule has 0 unspecified atom stereocenters. The molecular weight excluding hydrogens is 475 g/mol. The van der Waals surface area contributed by atoms with Crippen LogP contribution in [0.2, 0.25) is 0 Å². The molecule has 0 bridgehead atoms. The fourth-order valence-electron chi connectivity index (χ4n) is 2.48. The van der Waals surface area contributed by atoms with E-state index in [-0.39, 0.29) is 5.75 Å². The molecule has 144 valence electrons. The van der Waals surface area contributed by atoms with Gasteiger partial charge in [0.25, 0.3) is 10.4 Å². The number of hydrogen-bond acceptors (Lipinski definition) is 4. The van der Waals surface area contributed by atoms with Crippen LogP contribution < -0.4 is 4.18 Å². The van der Waals surface area contributed by atoms with Gasteiger partial charge in [-0.15, -0.1) is 0 Å². The van der Waals surface area contributed by atoms with Crippen molar-refractivity contribution in [2.75, 3.05) is 0 Å². The van der Waals surface area contributed by atoms with Gasteiger partial charge < -0.3 is 8.74 Å². The molecule has 0 N–H and O–H groups in total. The van der Waals surface area contributed by atoms with Crippen LogP contribution in [0.3, 0.4) is 0 Å². The Kier molecular flexibility index (Phi) is 7.25. The summed E-state index contributed by atoms with van der Waals surface area (Å²) < 4.78 is 37.0. The molecule has 0 atom stereocenters. The van der Waals surface area contributed by atoms with Crippen molar-refractivity contribution in [1.82, 2.24) is 0 Å². The van der Waals surface area contributed by atoms with E-state index in [4.69, 9.17) is 0 Å². The Hall–Kier alpha value is -1.64. The Morgan fingerprint density at radius 3 is 2.15 bits per heavy atom. The summed E-state index contributed by atoms with van der Waals surface area (Å²) in [4.78, 5) is 0. The molecule has 0 saturated heterocycles. The molecule has 0 radical (unpaired) electrons. The highest BCUT2D eigenvalue weighted by molar-refractivity contribution is 14.1. The molecule has 4 nitrogen and oxygen atoms in total. The van der Waals surface area contributed by atoms with Gasteiger partial charge in [0.2, 0.25) is 0 Å². The Labute approximate surface area is 174 Å². The van der Waals surface area contributed by atoms with Crippen LogP contribution in [0.4, 0.5) is 0 Å². The molecule has 3 aromatic carbocycles. The first-order chi connectivity index (χ1) is 12.6. The van der Waals surface area contributed by atoms with Crippen LogP contribution in [-0.2, 0) is 15.8 Å². The molecule has 27 heavy (non-hydrogen) atoms. The Morgan fingerprint density at radius 1 is 0.963 bits per heavy atom. The molecule has 0 amide bonds. The molecule has 0 saturated carbocycles. The summed E-state index contributed by atoms with van der Waals surface area (Å²) in [6, 6.07) is 20.7. The number of rotatable bonds is 4. The lowest BCUT2D eigenvalue weighted by molar-refractivity contribution is 0.374. The molecule has 0 aliphatic carbocycles. The Bertz CT molecular complexity index is 991. The van der Waals surface area contributed by atoms with E-state index in [1.54, 1.807) is 30.3 Å². The lowest BCUT2D eigenvalue weighted by atomic mass is 9.82.